The number of aryl methyl sites for hydroxylation is 2. The van der Waals surface area contributed by atoms with Crippen LogP contribution in [0.1, 0.15) is 28.1 Å². The number of carbonyl (C=O) groups is 2. The van der Waals surface area contributed by atoms with Crippen LogP contribution in [-0.2, 0) is 11.3 Å². The molecule has 5 rings (SSSR count). The minimum Gasteiger partial charge on any atom is -0.318 e. The van der Waals surface area contributed by atoms with Crippen molar-refractivity contribution >= 4 is 51.4 Å². The summed E-state index contributed by atoms with van der Waals surface area (Å²) >= 11 is 7.34. The maximum absolute atomic E-state index is 13.1. The molecule has 4 aromatic rings. The van der Waals surface area contributed by atoms with Crippen molar-refractivity contribution < 1.29 is 9.59 Å². The van der Waals surface area contributed by atoms with Crippen LogP contribution in [0.4, 0.5) is 4.79 Å². The van der Waals surface area contributed by atoms with Crippen molar-refractivity contribution in [1.29, 1.82) is 0 Å². The summed E-state index contributed by atoms with van der Waals surface area (Å²) in [5.41, 5.74) is 5.84. The molecule has 1 fully saturated rings. The normalized spacial score (nSPS) is 15.2. The van der Waals surface area contributed by atoms with E-state index in [-0.39, 0.29) is 17.7 Å². The summed E-state index contributed by atoms with van der Waals surface area (Å²) < 4.78 is 2.11. The van der Waals surface area contributed by atoms with Gasteiger partial charge in [0.15, 0.2) is 0 Å². The van der Waals surface area contributed by atoms with Gasteiger partial charge in [0.1, 0.15) is 0 Å². The average Bonchev–Trinajstić information content (AvgIpc) is 3.24. The molecule has 0 N–H and O–H groups in total. The molecule has 0 atom stereocenters. The fourth-order valence-corrected chi connectivity index (χ4v) is 5.35. The number of nitrogens with zero attached hydrogens (tertiary/aromatic N) is 2. The van der Waals surface area contributed by atoms with Crippen molar-refractivity contribution in [2.45, 2.75) is 27.3 Å². The summed E-state index contributed by atoms with van der Waals surface area (Å²) in [4.78, 5) is 27.6. The topological polar surface area (TPSA) is 42.3 Å². The van der Waals surface area contributed by atoms with Gasteiger partial charge in [-0.1, -0.05) is 54.1 Å². The van der Waals surface area contributed by atoms with Crippen molar-refractivity contribution in [3.63, 3.8) is 0 Å². The number of halogens is 1. The number of thioether (sulfide) groups is 1. The van der Waals surface area contributed by atoms with Gasteiger partial charge in [-0.3, -0.25) is 14.5 Å². The lowest BCUT2D eigenvalue weighted by atomic mass is 10.1. The molecule has 1 aliphatic rings. The molecule has 0 unspecified atom stereocenters. The average molecular weight is 487 g/mol. The van der Waals surface area contributed by atoms with Gasteiger partial charge in [0.05, 0.1) is 11.4 Å². The van der Waals surface area contributed by atoms with Crippen LogP contribution in [-0.4, -0.2) is 20.6 Å². The Balaban J connectivity index is 1.43. The van der Waals surface area contributed by atoms with Gasteiger partial charge in [-0.2, -0.15) is 0 Å². The Morgan fingerprint density at radius 3 is 2.44 bits per heavy atom. The summed E-state index contributed by atoms with van der Waals surface area (Å²) in [6, 6.07) is 22.1. The Labute approximate surface area is 207 Å². The number of amides is 2. The molecule has 2 heterocycles. The van der Waals surface area contributed by atoms with Gasteiger partial charge in [-0.15, -0.1) is 0 Å². The third kappa shape index (κ3) is 4.06. The molecule has 1 aliphatic heterocycles. The lowest BCUT2D eigenvalue weighted by Crippen LogP contribution is -2.27. The third-order valence-corrected chi connectivity index (χ3v) is 7.51. The van der Waals surface area contributed by atoms with Crippen LogP contribution in [0.3, 0.4) is 0 Å². The van der Waals surface area contributed by atoms with Crippen LogP contribution >= 0.6 is 23.4 Å². The van der Waals surface area contributed by atoms with E-state index >= 15 is 0 Å². The van der Waals surface area contributed by atoms with Crippen LogP contribution < -0.4 is 0 Å². The molecule has 2 amide bonds. The Bertz CT molecular complexity index is 1500. The standard InChI is InChI=1S/C28H23ClN2O2S/c1-17-8-11-24(15-25(17)29)31-18(2)12-23(19(31)3)14-26-27(32)30(28(33)34-26)16-20-9-10-21-6-4-5-7-22(21)13-20/h4-15H,16H2,1-3H3/b26-14-. The van der Waals surface area contributed by atoms with Gasteiger partial charge >= 0.3 is 0 Å². The second-order valence-corrected chi connectivity index (χ2v) is 9.95. The largest absolute Gasteiger partial charge is 0.318 e. The Morgan fingerprint density at radius 1 is 0.912 bits per heavy atom. The van der Waals surface area contributed by atoms with E-state index in [1.54, 1.807) is 0 Å². The van der Waals surface area contributed by atoms with Crippen LogP contribution in [0.5, 0.6) is 0 Å². The highest BCUT2D eigenvalue weighted by Gasteiger charge is 2.35. The Hall–Kier alpha value is -3.28. The molecule has 1 saturated heterocycles. The summed E-state index contributed by atoms with van der Waals surface area (Å²) in [6.07, 6.45) is 1.82. The molecule has 170 valence electrons. The number of hydrogen-bond acceptors (Lipinski definition) is 3. The summed E-state index contributed by atoms with van der Waals surface area (Å²) in [6.45, 7) is 6.25. The molecule has 1 aromatic heterocycles. The molecular weight excluding hydrogens is 464 g/mol. The van der Waals surface area contributed by atoms with E-state index in [0.29, 0.717) is 9.93 Å². The Morgan fingerprint density at radius 2 is 1.68 bits per heavy atom. The first-order chi connectivity index (χ1) is 16.3. The lowest BCUT2D eigenvalue weighted by Gasteiger charge is -2.13. The van der Waals surface area contributed by atoms with E-state index in [9.17, 15) is 9.59 Å². The number of hydrogen-bond donors (Lipinski definition) is 0. The molecular formula is C28H23ClN2O2S. The van der Waals surface area contributed by atoms with E-state index in [0.717, 1.165) is 56.3 Å². The second-order valence-electron chi connectivity index (χ2n) is 8.54. The molecule has 6 heteroatoms. The molecule has 0 aliphatic carbocycles. The smallest absolute Gasteiger partial charge is 0.293 e. The predicted molar refractivity (Wildman–Crippen MR) is 140 cm³/mol. The molecule has 0 bridgehead atoms. The fourth-order valence-electron chi connectivity index (χ4n) is 4.35. The maximum atomic E-state index is 13.1. The van der Waals surface area contributed by atoms with E-state index < -0.39 is 0 Å². The molecule has 0 radical (unpaired) electrons. The van der Waals surface area contributed by atoms with Gasteiger partial charge < -0.3 is 4.57 Å². The van der Waals surface area contributed by atoms with Crippen LogP contribution in [0, 0.1) is 20.8 Å². The summed E-state index contributed by atoms with van der Waals surface area (Å²) in [5, 5.41) is 2.68. The first kappa shape index (κ1) is 22.5. The molecule has 0 spiro atoms. The minimum atomic E-state index is -0.258. The zero-order valence-corrected chi connectivity index (χ0v) is 20.7. The van der Waals surface area contributed by atoms with Gasteiger partial charge in [0.2, 0.25) is 0 Å². The predicted octanol–water partition coefficient (Wildman–Crippen LogP) is 7.45. The molecule has 34 heavy (non-hydrogen) atoms. The molecule has 3 aromatic carbocycles. The van der Waals surface area contributed by atoms with Crippen molar-refractivity contribution in [1.82, 2.24) is 9.47 Å². The van der Waals surface area contributed by atoms with Crippen molar-refractivity contribution in [2.24, 2.45) is 0 Å². The van der Waals surface area contributed by atoms with Crippen LogP contribution in [0.2, 0.25) is 5.02 Å². The highest BCUT2D eigenvalue weighted by Crippen LogP contribution is 2.35. The first-order valence-electron chi connectivity index (χ1n) is 11.0. The minimum absolute atomic E-state index is 0.247. The SMILES string of the molecule is Cc1ccc(-n2c(C)cc(/C=C3\SC(=O)N(Cc4ccc5ccccc5c4)C3=O)c2C)cc1Cl. The van der Waals surface area contributed by atoms with Gasteiger partial charge in [0, 0.05) is 22.1 Å². The van der Waals surface area contributed by atoms with Crippen LogP contribution in [0.25, 0.3) is 22.5 Å². The Kier molecular flexibility index (Phi) is 5.84. The highest BCUT2D eigenvalue weighted by atomic mass is 35.5. The number of aromatic nitrogens is 1. The zero-order chi connectivity index (χ0) is 24.0. The van der Waals surface area contributed by atoms with Crippen molar-refractivity contribution in [2.75, 3.05) is 0 Å². The highest BCUT2D eigenvalue weighted by molar-refractivity contribution is 8.18. The number of imide groups is 1. The van der Waals surface area contributed by atoms with E-state index in [4.69, 9.17) is 11.6 Å². The van der Waals surface area contributed by atoms with Crippen molar-refractivity contribution in [3.8, 4) is 5.69 Å². The lowest BCUT2D eigenvalue weighted by molar-refractivity contribution is -0.123. The summed E-state index contributed by atoms with van der Waals surface area (Å²) in [5.74, 6) is -0.258. The zero-order valence-electron chi connectivity index (χ0n) is 19.1. The first-order valence-corrected chi connectivity index (χ1v) is 12.2. The second kappa shape index (κ2) is 8.82. The maximum Gasteiger partial charge on any atom is 0.293 e. The molecule has 4 nitrogen and oxygen atoms in total. The van der Waals surface area contributed by atoms with Gasteiger partial charge in [-0.05, 0) is 90.3 Å². The fraction of sp³-hybridized carbons (Fsp3) is 0.143. The van der Waals surface area contributed by atoms with Crippen LogP contribution in [0.15, 0.2) is 71.6 Å². The number of benzene rings is 3. The third-order valence-electron chi connectivity index (χ3n) is 6.20. The van der Waals surface area contributed by atoms with Gasteiger partial charge in [-0.25, -0.2) is 0 Å². The van der Waals surface area contributed by atoms with Gasteiger partial charge in [0.25, 0.3) is 11.1 Å². The summed E-state index contributed by atoms with van der Waals surface area (Å²) in [7, 11) is 0. The van der Waals surface area contributed by atoms with E-state index in [2.05, 4.69) is 4.57 Å². The number of rotatable bonds is 4. The number of carbonyl (C=O) groups excluding carboxylic acids is 2. The quantitative estimate of drug-likeness (QED) is 0.281. The number of fused-ring (bicyclic) bond motifs is 1. The van der Waals surface area contributed by atoms with Crippen molar-refractivity contribution in [3.05, 3.63) is 105 Å². The van der Waals surface area contributed by atoms with E-state index in [1.165, 1.54) is 4.90 Å². The van der Waals surface area contributed by atoms with E-state index in [1.807, 2.05) is 93.6 Å². The molecule has 0 saturated carbocycles. The monoisotopic (exact) mass is 486 g/mol.